The highest BCUT2D eigenvalue weighted by molar-refractivity contribution is 5.90. The Morgan fingerprint density at radius 1 is 1.21 bits per heavy atom. The highest BCUT2D eigenvalue weighted by Crippen LogP contribution is 2.19. The van der Waals surface area contributed by atoms with Gasteiger partial charge in [-0.1, -0.05) is 30.3 Å². The minimum Gasteiger partial charge on any atom is -0.480 e. The zero-order valence-electron chi connectivity index (χ0n) is 13.0. The van der Waals surface area contributed by atoms with Gasteiger partial charge in [0.2, 0.25) is 5.91 Å². The van der Waals surface area contributed by atoms with Crippen molar-refractivity contribution in [3.05, 3.63) is 42.7 Å². The molecule has 1 amide bonds. The summed E-state index contributed by atoms with van der Waals surface area (Å²) in [4.78, 5) is 31.5. The average molecular weight is 326 g/mol. The number of aliphatic carboxylic acids is 1. The van der Waals surface area contributed by atoms with Crippen LogP contribution in [-0.2, 0) is 9.59 Å². The molecule has 124 valence electrons. The Bertz CT molecular complexity index is 718. The lowest BCUT2D eigenvalue weighted by molar-refractivity contribution is -0.139. The van der Waals surface area contributed by atoms with Crippen molar-refractivity contribution < 1.29 is 14.7 Å². The number of nitrogens with zero attached hydrogens (tertiary/aromatic N) is 2. The number of rotatable bonds is 5. The normalized spacial score (nSPS) is 19.8. The van der Waals surface area contributed by atoms with Gasteiger partial charge in [0.05, 0.1) is 18.1 Å². The predicted octanol–water partition coefficient (Wildman–Crippen LogP) is 1.53. The van der Waals surface area contributed by atoms with Gasteiger partial charge in [0.1, 0.15) is 6.04 Å². The van der Waals surface area contributed by atoms with Crippen LogP contribution in [0.3, 0.4) is 0 Å². The fourth-order valence-electron chi connectivity index (χ4n) is 2.76. The first-order chi connectivity index (χ1) is 11.6. The molecule has 1 fully saturated rings. The van der Waals surface area contributed by atoms with Gasteiger partial charge < -0.3 is 15.7 Å². The molecule has 1 aliphatic rings. The molecule has 7 heteroatoms. The number of carbonyl (C=O) groups excluding carboxylic acids is 1. The molecule has 0 saturated carbocycles. The first-order valence-corrected chi connectivity index (χ1v) is 7.75. The molecule has 2 aromatic rings. The molecule has 0 aliphatic carbocycles. The molecule has 3 rings (SSSR count). The third-order valence-corrected chi connectivity index (χ3v) is 3.96. The number of amides is 1. The standard InChI is InChI=1S/C17H18N4O3/c22-15(7-11-6-14(17(23)24)18-8-11)21-13-9-19-16(20-10-13)12-4-2-1-3-5-12/h1-5,9-11,14,18H,6-8H2,(H,21,22)(H,23,24). The maximum atomic E-state index is 12.1. The molecule has 1 aromatic heterocycles. The first kappa shape index (κ1) is 16.1. The number of anilines is 1. The largest absolute Gasteiger partial charge is 0.480 e. The van der Waals surface area contributed by atoms with Crippen LogP contribution in [0.1, 0.15) is 12.8 Å². The van der Waals surface area contributed by atoms with Crippen molar-refractivity contribution in [1.82, 2.24) is 15.3 Å². The summed E-state index contributed by atoms with van der Waals surface area (Å²) in [5.74, 6) is -0.416. The molecule has 1 saturated heterocycles. The van der Waals surface area contributed by atoms with E-state index in [9.17, 15) is 9.59 Å². The van der Waals surface area contributed by atoms with Gasteiger partial charge in [0.15, 0.2) is 5.82 Å². The van der Waals surface area contributed by atoms with E-state index in [-0.39, 0.29) is 18.2 Å². The number of nitrogens with one attached hydrogen (secondary N) is 2. The first-order valence-electron chi connectivity index (χ1n) is 7.75. The topological polar surface area (TPSA) is 104 Å². The van der Waals surface area contributed by atoms with Crippen LogP contribution in [0.4, 0.5) is 5.69 Å². The van der Waals surface area contributed by atoms with Crippen LogP contribution in [-0.4, -0.2) is 39.5 Å². The van der Waals surface area contributed by atoms with Crippen LogP contribution in [0.15, 0.2) is 42.7 Å². The van der Waals surface area contributed by atoms with E-state index >= 15 is 0 Å². The fraction of sp³-hybridized carbons (Fsp3) is 0.294. The van der Waals surface area contributed by atoms with Crippen LogP contribution < -0.4 is 10.6 Å². The molecule has 2 unspecified atom stereocenters. The van der Waals surface area contributed by atoms with E-state index in [2.05, 4.69) is 20.6 Å². The van der Waals surface area contributed by atoms with E-state index in [4.69, 9.17) is 5.11 Å². The number of benzene rings is 1. The molecule has 24 heavy (non-hydrogen) atoms. The molecule has 2 heterocycles. The second kappa shape index (κ2) is 7.18. The predicted molar refractivity (Wildman–Crippen MR) is 88.2 cm³/mol. The number of carbonyl (C=O) groups is 2. The lowest BCUT2D eigenvalue weighted by Gasteiger charge is -2.09. The maximum absolute atomic E-state index is 12.1. The molecular weight excluding hydrogens is 308 g/mol. The zero-order valence-corrected chi connectivity index (χ0v) is 13.0. The van der Waals surface area contributed by atoms with Gasteiger partial charge in [-0.2, -0.15) is 0 Å². The maximum Gasteiger partial charge on any atom is 0.320 e. The SMILES string of the molecule is O=C(CC1CNC(C(=O)O)C1)Nc1cnc(-c2ccccc2)nc1. The Hall–Kier alpha value is -2.80. The molecular formula is C17H18N4O3. The summed E-state index contributed by atoms with van der Waals surface area (Å²) in [6, 6.07) is 9.02. The van der Waals surface area contributed by atoms with Gasteiger partial charge in [0.25, 0.3) is 0 Å². The van der Waals surface area contributed by atoms with Crippen LogP contribution in [0, 0.1) is 5.92 Å². The average Bonchev–Trinajstić information content (AvgIpc) is 3.05. The van der Waals surface area contributed by atoms with Crippen LogP contribution in [0.2, 0.25) is 0 Å². The Morgan fingerprint density at radius 2 is 1.92 bits per heavy atom. The fourth-order valence-corrected chi connectivity index (χ4v) is 2.76. The molecule has 1 aromatic carbocycles. The molecule has 0 bridgehead atoms. The van der Waals surface area contributed by atoms with E-state index in [0.717, 1.165) is 5.56 Å². The van der Waals surface area contributed by atoms with Crippen LogP contribution in [0.5, 0.6) is 0 Å². The minimum absolute atomic E-state index is 0.0237. The van der Waals surface area contributed by atoms with E-state index in [1.54, 1.807) is 12.4 Å². The minimum atomic E-state index is -0.872. The van der Waals surface area contributed by atoms with Gasteiger partial charge in [-0.15, -0.1) is 0 Å². The highest BCUT2D eigenvalue weighted by atomic mass is 16.4. The quantitative estimate of drug-likeness (QED) is 0.770. The van der Waals surface area contributed by atoms with Crippen molar-refractivity contribution in [1.29, 1.82) is 0 Å². The summed E-state index contributed by atoms with van der Waals surface area (Å²) < 4.78 is 0. The van der Waals surface area contributed by atoms with E-state index < -0.39 is 12.0 Å². The monoisotopic (exact) mass is 326 g/mol. The Morgan fingerprint density at radius 3 is 2.54 bits per heavy atom. The van der Waals surface area contributed by atoms with Crippen molar-refractivity contribution in [2.24, 2.45) is 5.92 Å². The lowest BCUT2D eigenvalue weighted by atomic mass is 10.0. The van der Waals surface area contributed by atoms with Crippen LogP contribution >= 0.6 is 0 Å². The van der Waals surface area contributed by atoms with E-state index in [1.807, 2.05) is 30.3 Å². The lowest BCUT2D eigenvalue weighted by Crippen LogP contribution is -2.29. The van der Waals surface area contributed by atoms with Crippen molar-refractivity contribution in [2.45, 2.75) is 18.9 Å². The van der Waals surface area contributed by atoms with Gasteiger partial charge in [-0.25, -0.2) is 9.97 Å². The number of hydrogen-bond acceptors (Lipinski definition) is 5. The summed E-state index contributed by atoms with van der Waals surface area (Å²) in [6.45, 7) is 0.536. The van der Waals surface area contributed by atoms with Crippen molar-refractivity contribution in [3.8, 4) is 11.4 Å². The summed E-state index contributed by atoms with van der Waals surface area (Å²) in [7, 11) is 0. The Labute approximate surface area is 139 Å². The number of carboxylic acids is 1. The summed E-state index contributed by atoms with van der Waals surface area (Å²) in [5.41, 5.74) is 1.44. The molecule has 1 aliphatic heterocycles. The third kappa shape index (κ3) is 3.94. The second-order valence-corrected chi connectivity index (χ2v) is 5.81. The molecule has 3 N–H and O–H groups in total. The Kier molecular flexibility index (Phi) is 4.81. The smallest absolute Gasteiger partial charge is 0.320 e. The van der Waals surface area contributed by atoms with Crippen LogP contribution in [0.25, 0.3) is 11.4 Å². The van der Waals surface area contributed by atoms with E-state index in [0.29, 0.717) is 24.5 Å². The molecule has 0 radical (unpaired) electrons. The molecule has 0 spiro atoms. The van der Waals surface area contributed by atoms with Gasteiger partial charge >= 0.3 is 5.97 Å². The highest BCUT2D eigenvalue weighted by Gasteiger charge is 2.30. The van der Waals surface area contributed by atoms with Gasteiger partial charge in [-0.3, -0.25) is 9.59 Å². The number of carboxylic acid groups (broad SMARTS) is 1. The second-order valence-electron chi connectivity index (χ2n) is 5.81. The summed E-state index contributed by atoms with van der Waals surface area (Å²) in [5, 5.41) is 14.6. The van der Waals surface area contributed by atoms with Gasteiger partial charge in [0, 0.05) is 12.0 Å². The van der Waals surface area contributed by atoms with E-state index in [1.165, 1.54) is 0 Å². The Balaban J connectivity index is 1.54. The summed E-state index contributed by atoms with van der Waals surface area (Å²) >= 11 is 0. The zero-order chi connectivity index (χ0) is 16.9. The van der Waals surface area contributed by atoms with Crippen molar-refractivity contribution >= 4 is 17.6 Å². The number of hydrogen-bond donors (Lipinski definition) is 3. The van der Waals surface area contributed by atoms with Crippen molar-refractivity contribution in [3.63, 3.8) is 0 Å². The van der Waals surface area contributed by atoms with Gasteiger partial charge in [-0.05, 0) is 18.9 Å². The third-order valence-electron chi connectivity index (χ3n) is 3.96. The molecule has 7 nitrogen and oxygen atoms in total. The van der Waals surface area contributed by atoms with Crippen molar-refractivity contribution in [2.75, 3.05) is 11.9 Å². The molecule has 2 atom stereocenters. The summed E-state index contributed by atoms with van der Waals surface area (Å²) in [6.07, 6.45) is 3.88. The number of aromatic nitrogens is 2.